The van der Waals surface area contributed by atoms with Gasteiger partial charge in [0.2, 0.25) is 0 Å². The molecule has 0 saturated carbocycles. The van der Waals surface area contributed by atoms with Crippen LogP contribution in [-0.2, 0) is 0 Å². The molecule has 1 heterocycles. The van der Waals surface area contributed by atoms with Crippen LogP contribution in [0.3, 0.4) is 0 Å². The summed E-state index contributed by atoms with van der Waals surface area (Å²) in [7, 11) is 0. The van der Waals surface area contributed by atoms with Gasteiger partial charge in [-0.15, -0.1) is 0 Å². The summed E-state index contributed by atoms with van der Waals surface area (Å²) in [5.74, 6) is 0. The summed E-state index contributed by atoms with van der Waals surface area (Å²) in [4.78, 5) is 7.18. The third-order valence-corrected chi connectivity index (χ3v) is 2.80. The van der Waals surface area contributed by atoms with E-state index in [0.717, 1.165) is 0 Å². The Labute approximate surface area is 59.0 Å². The van der Waals surface area contributed by atoms with Crippen molar-refractivity contribution in [2.45, 2.75) is 6.92 Å². The summed E-state index contributed by atoms with van der Waals surface area (Å²) in [6.07, 6.45) is 3.69. The number of alkyl halides is 1. The van der Waals surface area contributed by atoms with E-state index >= 15 is 0 Å². The van der Waals surface area contributed by atoms with E-state index in [1.54, 1.807) is 0 Å². The molecule has 1 aromatic heterocycles. The summed E-state index contributed by atoms with van der Waals surface area (Å²) in [5.41, 5.74) is 0. The monoisotopic (exact) mass is 223 g/mol. The van der Waals surface area contributed by atoms with E-state index in [-0.39, 0.29) is 21.2 Å². The maximum atomic E-state index is 4.10. The molecule has 1 N–H and O–H groups in total. The van der Waals surface area contributed by atoms with Crippen LogP contribution in [0.4, 0.5) is 0 Å². The Kier molecular flexibility index (Phi) is 2.32. The molecule has 0 aliphatic carbocycles. The molecular formula is C5H8IN2-. The molecular weight excluding hydrogens is 215 g/mol. The number of hydrogen-bond acceptors (Lipinski definition) is 1. The van der Waals surface area contributed by atoms with Gasteiger partial charge in [0.15, 0.2) is 0 Å². The summed E-state index contributed by atoms with van der Waals surface area (Å²) >= 11 is 0.201. The fourth-order valence-corrected chi connectivity index (χ4v) is 1.93. The van der Waals surface area contributed by atoms with Crippen LogP contribution in [0.1, 0.15) is 6.92 Å². The number of aromatic nitrogens is 2. The van der Waals surface area contributed by atoms with E-state index in [2.05, 4.69) is 16.9 Å². The van der Waals surface area contributed by atoms with Crippen molar-refractivity contribution < 1.29 is 21.2 Å². The van der Waals surface area contributed by atoms with Crippen molar-refractivity contribution in [2.75, 3.05) is 4.43 Å². The van der Waals surface area contributed by atoms with Crippen LogP contribution in [0.2, 0.25) is 0 Å². The number of nitrogens with one attached hydrogen (secondary N) is 1. The Morgan fingerprint density at radius 3 is 3.25 bits per heavy atom. The second kappa shape index (κ2) is 3.06. The first-order valence-corrected chi connectivity index (χ1v) is 5.12. The Bertz CT molecular complexity index is 136. The van der Waals surface area contributed by atoms with Crippen LogP contribution in [0, 0.1) is 3.83 Å². The predicted molar refractivity (Wildman–Crippen MR) is 27.8 cm³/mol. The summed E-state index contributed by atoms with van der Waals surface area (Å²) in [5, 5.41) is 0. The molecule has 1 aromatic rings. The van der Waals surface area contributed by atoms with Crippen LogP contribution in [-0.4, -0.2) is 14.4 Å². The van der Waals surface area contributed by atoms with E-state index in [1.165, 1.54) is 8.26 Å². The van der Waals surface area contributed by atoms with Gasteiger partial charge in [-0.1, -0.05) is 0 Å². The number of nitrogens with zero attached hydrogens (tertiary/aromatic N) is 1. The van der Waals surface area contributed by atoms with Crippen molar-refractivity contribution in [3.05, 3.63) is 16.2 Å². The van der Waals surface area contributed by atoms with Crippen LogP contribution in [0.15, 0.2) is 12.4 Å². The summed E-state index contributed by atoms with van der Waals surface area (Å²) in [6, 6.07) is 0. The van der Waals surface area contributed by atoms with Crippen molar-refractivity contribution in [1.82, 2.24) is 9.97 Å². The van der Waals surface area contributed by atoms with Crippen LogP contribution in [0.25, 0.3) is 0 Å². The third kappa shape index (κ3) is 1.47. The molecule has 0 aromatic carbocycles. The molecule has 0 atom stereocenters. The average Bonchev–Trinajstić information content (AvgIpc) is 2.19. The molecule has 0 saturated heterocycles. The van der Waals surface area contributed by atoms with Gasteiger partial charge >= 0.3 is 58.7 Å². The number of hydrogen-bond donors (Lipinski definition) is 1. The standard InChI is InChI=1S/C5H8IN2/c1-2-6-5-7-3-4-8-5/h3-4H,2H2,1H3,(H,7,8)/q-1. The van der Waals surface area contributed by atoms with E-state index in [9.17, 15) is 0 Å². The van der Waals surface area contributed by atoms with Gasteiger partial charge < -0.3 is 0 Å². The van der Waals surface area contributed by atoms with E-state index in [1.807, 2.05) is 12.4 Å². The van der Waals surface area contributed by atoms with Gasteiger partial charge in [-0.05, 0) is 0 Å². The Hall–Kier alpha value is -0.0600. The van der Waals surface area contributed by atoms with Gasteiger partial charge in [-0.3, -0.25) is 0 Å². The number of aromatic amines is 1. The van der Waals surface area contributed by atoms with Crippen LogP contribution >= 0.6 is 0 Å². The molecule has 1 rings (SSSR count). The minimum atomic E-state index is 0.201. The normalized spacial score (nSPS) is 10.1. The predicted octanol–water partition coefficient (Wildman–Crippen LogP) is -2.31. The molecule has 0 aliphatic rings. The first-order chi connectivity index (χ1) is 3.93. The number of imidazole rings is 1. The molecule has 0 aliphatic heterocycles. The van der Waals surface area contributed by atoms with E-state index in [4.69, 9.17) is 0 Å². The topological polar surface area (TPSA) is 28.7 Å². The third-order valence-electron chi connectivity index (χ3n) is 0.725. The first-order valence-electron chi connectivity index (χ1n) is 2.52. The quantitative estimate of drug-likeness (QED) is 0.443. The molecule has 2 nitrogen and oxygen atoms in total. The Balaban J connectivity index is 2.50. The van der Waals surface area contributed by atoms with Gasteiger partial charge in [-0.25, -0.2) is 0 Å². The Morgan fingerprint density at radius 2 is 2.75 bits per heavy atom. The molecule has 0 unspecified atom stereocenters. The van der Waals surface area contributed by atoms with E-state index in [0.29, 0.717) is 0 Å². The van der Waals surface area contributed by atoms with Gasteiger partial charge in [0, 0.05) is 0 Å². The summed E-state index contributed by atoms with van der Waals surface area (Å²) in [6.45, 7) is 2.19. The van der Waals surface area contributed by atoms with Crippen molar-refractivity contribution in [2.24, 2.45) is 0 Å². The van der Waals surface area contributed by atoms with Gasteiger partial charge in [0.1, 0.15) is 0 Å². The van der Waals surface area contributed by atoms with Crippen molar-refractivity contribution >= 4 is 0 Å². The van der Waals surface area contributed by atoms with Gasteiger partial charge in [-0.2, -0.15) is 0 Å². The number of rotatable bonds is 2. The minimum absolute atomic E-state index is 0.201. The van der Waals surface area contributed by atoms with Gasteiger partial charge in [0.05, 0.1) is 0 Å². The second-order valence-electron chi connectivity index (χ2n) is 1.28. The fraction of sp³-hybridized carbons (Fsp3) is 0.400. The molecule has 0 radical (unpaired) electrons. The van der Waals surface area contributed by atoms with Crippen molar-refractivity contribution in [3.8, 4) is 0 Å². The van der Waals surface area contributed by atoms with E-state index < -0.39 is 0 Å². The molecule has 0 amide bonds. The zero-order chi connectivity index (χ0) is 5.82. The van der Waals surface area contributed by atoms with Crippen molar-refractivity contribution in [3.63, 3.8) is 0 Å². The SMILES string of the molecule is CC[I-]c1ncc[nH]1. The second-order valence-corrected chi connectivity index (χ2v) is 4.59. The Morgan fingerprint density at radius 1 is 1.88 bits per heavy atom. The zero-order valence-electron chi connectivity index (χ0n) is 4.69. The first kappa shape index (κ1) is 6.07. The van der Waals surface area contributed by atoms with Crippen molar-refractivity contribution in [1.29, 1.82) is 0 Å². The molecule has 46 valence electrons. The molecule has 8 heavy (non-hydrogen) atoms. The number of H-pyrrole nitrogens is 1. The molecule has 3 heteroatoms. The molecule has 0 fully saturated rings. The summed E-state index contributed by atoms with van der Waals surface area (Å²) < 4.78 is 2.47. The molecule has 0 bridgehead atoms. The fourth-order valence-electron chi connectivity index (χ4n) is 0.446. The average molecular weight is 223 g/mol. The maximum absolute atomic E-state index is 4.10. The molecule has 0 spiro atoms. The van der Waals surface area contributed by atoms with Gasteiger partial charge in [0.25, 0.3) is 0 Å². The van der Waals surface area contributed by atoms with Crippen LogP contribution in [0.5, 0.6) is 0 Å². The zero-order valence-corrected chi connectivity index (χ0v) is 6.84. The van der Waals surface area contributed by atoms with Crippen LogP contribution < -0.4 is 21.2 Å². The number of halogens is 1.